The van der Waals surface area contributed by atoms with E-state index in [4.69, 9.17) is 16.0 Å². The van der Waals surface area contributed by atoms with Crippen LogP contribution in [0.5, 0.6) is 0 Å². The third kappa shape index (κ3) is 2.64. The minimum Gasteiger partial charge on any atom is -0.455 e. The Labute approximate surface area is 181 Å². The summed E-state index contributed by atoms with van der Waals surface area (Å²) >= 11 is 6.15. The predicted molar refractivity (Wildman–Crippen MR) is 110 cm³/mol. The molecule has 2 heterocycles. The number of halogens is 1. The van der Waals surface area contributed by atoms with Crippen molar-refractivity contribution in [3.63, 3.8) is 0 Å². The second-order valence-electron chi connectivity index (χ2n) is 8.51. The van der Waals surface area contributed by atoms with E-state index in [0.29, 0.717) is 28.9 Å². The summed E-state index contributed by atoms with van der Waals surface area (Å²) in [4.78, 5) is 36.2. The van der Waals surface area contributed by atoms with E-state index >= 15 is 0 Å². The molecule has 1 aliphatic heterocycles. The van der Waals surface area contributed by atoms with Crippen LogP contribution >= 0.6 is 11.6 Å². The van der Waals surface area contributed by atoms with Crippen molar-refractivity contribution in [2.75, 3.05) is 0 Å². The van der Waals surface area contributed by atoms with Gasteiger partial charge in [-0.25, -0.2) is 0 Å². The highest BCUT2D eigenvalue weighted by molar-refractivity contribution is 6.33. The van der Waals surface area contributed by atoms with Gasteiger partial charge in [0.05, 0.1) is 28.0 Å². The minimum absolute atomic E-state index is 0.115. The van der Waals surface area contributed by atoms with Crippen molar-refractivity contribution in [3.05, 3.63) is 63.4 Å². The first-order valence-electron chi connectivity index (χ1n) is 10.1. The van der Waals surface area contributed by atoms with Crippen LogP contribution < -0.4 is 0 Å². The van der Waals surface area contributed by atoms with E-state index in [-0.39, 0.29) is 46.2 Å². The number of hydrogen-bond acceptors (Lipinski definition) is 6. The van der Waals surface area contributed by atoms with Crippen LogP contribution in [0.1, 0.15) is 12.2 Å². The lowest BCUT2D eigenvalue weighted by atomic mass is 9.63. The molecule has 1 saturated heterocycles. The first-order valence-corrected chi connectivity index (χ1v) is 10.5. The van der Waals surface area contributed by atoms with E-state index < -0.39 is 4.92 Å². The number of nitro groups is 1. The van der Waals surface area contributed by atoms with Crippen LogP contribution in [0.4, 0.5) is 5.69 Å². The molecule has 0 radical (unpaired) electrons. The number of benzene rings is 1. The molecule has 4 aliphatic carbocycles. The number of furan rings is 1. The van der Waals surface area contributed by atoms with Gasteiger partial charge in [-0.05, 0) is 48.3 Å². The van der Waals surface area contributed by atoms with Crippen molar-refractivity contribution in [2.45, 2.75) is 6.42 Å². The predicted octanol–water partition coefficient (Wildman–Crippen LogP) is 3.90. The Hall–Kier alpha value is -3.26. The normalized spacial score (nSPS) is 32.6. The maximum atomic E-state index is 12.9. The van der Waals surface area contributed by atoms with Gasteiger partial charge in [-0.3, -0.25) is 19.7 Å². The number of carbonyl (C=O) groups excluding carboxylic acids is 2. The molecule has 1 aromatic carbocycles. The Balaban J connectivity index is 1.23. The van der Waals surface area contributed by atoms with Gasteiger partial charge < -0.3 is 4.42 Å². The summed E-state index contributed by atoms with van der Waals surface area (Å²) in [5, 5.41) is 16.2. The minimum atomic E-state index is -0.525. The van der Waals surface area contributed by atoms with E-state index in [1.807, 2.05) is 0 Å². The molecule has 0 spiro atoms. The zero-order valence-corrected chi connectivity index (χ0v) is 16.8. The maximum absolute atomic E-state index is 12.9. The van der Waals surface area contributed by atoms with Crippen LogP contribution in [0, 0.1) is 45.6 Å². The third-order valence-corrected chi connectivity index (χ3v) is 7.31. The molecule has 1 aromatic heterocycles. The first kappa shape index (κ1) is 18.5. The fourth-order valence-electron chi connectivity index (χ4n) is 5.55. The van der Waals surface area contributed by atoms with Gasteiger partial charge in [0.15, 0.2) is 0 Å². The summed E-state index contributed by atoms with van der Waals surface area (Å²) in [5.41, 5.74) is 0.379. The van der Waals surface area contributed by atoms with Crippen molar-refractivity contribution in [1.82, 2.24) is 5.01 Å². The maximum Gasteiger partial charge on any atom is 0.270 e. The summed E-state index contributed by atoms with van der Waals surface area (Å²) < 4.78 is 5.71. The molecule has 5 aliphatic rings. The van der Waals surface area contributed by atoms with Gasteiger partial charge in [0.2, 0.25) is 0 Å². The second kappa shape index (κ2) is 6.37. The molecule has 7 rings (SSSR count). The average molecular weight is 438 g/mol. The monoisotopic (exact) mass is 437 g/mol. The molecule has 2 aromatic rings. The topological polar surface area (TPSA) is 106 Å². The van der Waals surface area contributed by atoms with Crippen LogP contribution in [-0.2, 0) is 9.59 Å². The second-order valence-corrected chi connectivity index (χ2v) is 8.92. The van der Waals surface area contributed by atoms with Gasteiger partial charge in [-0.15, -0.1) is 0 Å². The Kier molecular flexibility index (Phi) is 3.80. The van der Waals surface area contributed by atoms with Gasteiger partial charge >= 0.3 is 0 Å². The highest BCUT2D eigenvalue weighted by Gasteiger charge is 2.67. The number of non-ortho nitro benzene ring substituents is 1. The van der Waals surface area contributed by atoms with Crippen LogP contribution in [0.25, 0.3) is 11.3 Å². The van der Waals surface area contributed by atoms with E-state index in [1.165, 1.54) is 24.4 Å². The number of nitrogens with zero attached hydrogens (tertiary/aromatic N) is 3. The van der Waals surface area contributed by atoms with Crippen LogP contribution in [0.3, 0.4) is 0 Å². The van der Waals surface area contributed by atoms with Crippen molar-refractivity contribution < 1.29 is 18.9 Å². The Morgan fingerprint density at radius 2 is 1.77 bits per heavy atom. The fourth-order valence-corrected chi connectivity index (χ4v) is 5.82. The number of amides is 2. The highest BCUT2D eigenvalue weighted by Crippen LogP contribution is 2.65. The molecule has 8 nitrogen and oxygen atoms in total. The number of hydrazone groups is 1. The number of carbonyl (C=O) groups is 2. The highest BCUT2D eigenvalue weighted by atomic mass is 35.5. The summed E-state index contributed by atoms with van der Waals surface area (Å²) in [5.74, 6) is 1.05. The van der Waals surface area contributed by atoms with Gasteiger partial charge in [0.25, 0.3) is 17.5 Å². The average Bonchev–Trinajstić information content (AvgIpc) is 3.40. The zero-order valence-electron chi connectivity index (χ0n) is 16.1. The molecule has 31 heavy (non-hydrogen) atoms. The fraction of sp³-hybridized carbons (Fsp3) is 0.318. The number of nitro benzene ring substituents is 1. The molecule has 3 fully saturated rings. The molecule has 0 N–H and O–H groups in total. The van der Waals surface area contributed by atoms with E-state index in [1.54, 1.807) is 12.1 Å². The molecule has 156 valence electrons. The summed E-state index contributed by atoms with van der Waals surface area (Å²) in [7, 11) is 0. The Bertz CT molecular complexity index is 1180. The first-order chi connectivity index (χ1) is 14.9. The molecule has 2 saturated carbocycles. The van der Waals surface area contributed by atoms with E-state index in [0.717, 1.165) is 11.4 Å². The van der Waals surface area contributed by atoms with Crippen molar-refractivity contribution in [3.8, 4) is 11.3 Å². The third-order valence-electron chi connectivity index (χ3n) is 7.00. The largest absolute Gasteiger partial charge is 0.455 e. The van der Waals surface area contributed by atoms with Crippen molar-refractivity contribution in [1.29, 1.82) is 0 Å². The lowest BCUT2D eigenvalue weighted by Crippen LogP contribution is -2.40. The molecule has 2 amide bonds. The van der Waals surface area contributed by atoms with Crippen LogP contribution in [-0.4, -0.2) is 28.0 Å². The molecule has 9 heteroatoms. The van der Waals surface area contributed by atoms with Gasteiger partial charge in [0.1, 0.15) is 11.5 Å². The Morgan fingerprint density at radius 1 is 1.10 bits per heavy atom. The standard InChI is InChI=1S/C22H16ClN3O5/c23-17-7-10(26(29)30)1-3-14(17)18-6-2-11(31-18)9-24-25-21(27)19-12-4-5-13(16-8-15(12)16)20(19)22(25)28/h1-7,9,12-13,15-16,19-20H,8H2/b24-9+. The summed E-state index contributed by atoms with van der Waals surface area (Å²) in [6, 6.07) is 7.39. The number of hydrogen-bond donors (Lipinski definition) is 0. The molecule has 2 bridgehead atoms. The van der Waals surface area contributed by atoms with Crippen molar-refractivity contribution >= 4 is 35.3 Å². The van der Waals surface area contributed by atoms with Gasteiger partial charge in [0, 0.05) is 17.7 Å². The van der Waals surface area contributed by atoms with E-state index in [9.17, 15) is 19.7 Å². The lowest BCUT2D eigenvalue weighted by molar-refractivity contribution is -0.384. The quantitative estimate of drug-likeness (QED) is 0.237. The van der Waals surface area contributed by atoms with Crippen molar-refractivity contribution in [2.24, 2.45) is 40.6 Å². The molecular formula is C22H16ClN3O5. The van der Waals surface area contributed by atoms with E-state index in [2.05, 4.69) is 17.3 Å². The van der Waals surface area contributed by atoms with Crippen LogP contribution in [0.15, 0.2) is 52.0 Å². The Morgan fingerprint density at radius 3 is 2.39 bits per heavy atom. The zero-order chi connectivity index (χ0) is 21.4. The number of imide groups is 1. The molecule has 6 unspecified atom stereocenters. The summed E-state index contributed by atoms with van der Waals surface area (Å²) in [6.45, 7) is 0. The molecule has 6 atom stereocenters. The molecular weight excluding hydrogens is 422 g/mol. The lowest BCUT2D eigenvalue weighted by Gasteiger charge is -2.37. The number of allylic oxidation sites excluding steroid dienone is 2. The van der Waals surface area contributed by atoms with Gasteiger partial charge in [-0.2, -0.15) is 10.1 Å². The number of rotatable bonds is 4. The smallest absolute Gasteiger partial charge is 0.270 e. The van der Waals surface area contributed by atoms with Crippen LogP contribution in [0.2, 0.25) is 5.02 Å². The summed E-state index contributed by atoms with van der Waals surface area (Å²) in [6.07, 6.45) is 6.68. The SMILES string of the molecule is O=C1C2C3C=CC(C4CC34)C2C(=O)N1/N=C/c1ccc(-c2ccc([N+](=O)[O-])cc2Cl)o1. The van der Waals surface area contributed by atoms with Gasteiger partial charge in [-0.1, -0.05) is 23.8 Å².